The third-order valence-electron chi connectivity index (χ3n) is 3.76. The van der Waals surface area contributed by atoms with Crippen LogP contribution in [-0.2, 0) is 19.6 Å². The maximum absolute atomic E-state index is 12.6. The van der Waals surface area contributed by atoms with Crippen LogP contribution >= 0.6 is 11.8 Å². The van der Waals surface area contributed by atoms with E-state index in [1.165, 1.54) is 43.1 Å². The van der Waals surface area contributed by atoms with Gasteiger partial charge >= 0.3 is 5.97 Å². The number of hydrogen-bond acceptors (Lipinski definition) is 7. The van der Waals surface area contributed by atoms with E-state index in [4.69, 9.17) is 10.00 Å². The van der Waals surface area contributed by atoms with Crippen molar-refractivity contribution in [3.8, 4) is 6.07 Å². The van der Waals surface area contributed by atoms with Crippen LogP contribution in [0.15, 0.2) is 29.2 Å². The number of methoxy groups -OCH3 is 1. The van der Waals surface area contributed by atoms with Crippen molar-refractivity contribution in [2.24, 2.45) is 0 Å². The number of benzene rings is 1. The van der Waals surface area contributed by atoms with Gasteiger partial charge in [0.05, 0.1) is 18.1 Å². The molecule has 2 rings (SSSR count). The van der Waals surface area contributed by atoms with E-state index in [0.29, 0.717) is 17.9 Å². The van der Waals surface area contributed by atoms with Gasteiger partial charge in [-0.1, -0.05) is 0 Å². The van der Waals surface area contributed by atoms with Gasteiger partial charge in [-0.05, 0) is 24.3 Å². The lowest BCUT2D eigenvalue weighted by Crippen LogP contribution is -2.44. The molecule has 1 aliphatic heterocycles. The molecule has 0 aromatic heterocycles. The molecular weight excluding hydrogens is 378 g/mol. The van der Waals surface area contributed by atoms with Gasteiger partial charge in [0, 0.05) is 37.4 Å². The van der Waals surface area contributed by atoms with Crippen LogP contribution in [0, 0.1) is 11.3 Å². The van der Waals surface area contributed by atoms with Gasteiger partial charge < -0.3 is 9.64 Å². The summed E-state index contributed by atoms with van der Waals surface area (Å²) in [6, 6.07) is 7.43. The average molecular weight is 397 g/mol. The lowest BCUT2D eigenvalue weighted by Gasteiger charge is -2.31. The fraction of sp³-hybridized carbons (Fsp3) is 0.438. The zero-order valence-electron chi connectivity index (χ0n) is 14.2. The summed E-state index contributed by atoms with van der Waals surface area (Å²) in [6.07, 6.45) is 0.0735. The maximum Gasteiger partial charge on any atom is 0.320 e. The average Bonchev–Trinajstić information content (AvgIpc) is 2.67. The highest BCUT2D eigenvalue weighted by atomic mass is 32.2. The number of amides is 1. The van der Waals surface area contributed by atoms with Crippen LogP contribution in [-0.4, -0.2) is 62.9 Å². The predicted octanol–water partition coefficient (Wildman–Crippen LogP) is 0.609. The lowest BCUT2D eigenvalue weighted by atomic mass is 10.2. The molecule has 10 heteroatoms. The number of esters is 1. The molecule has 1 amide bonds. The fourth-order valence-corrected chi connectivity index (χ4v) is 4.55. The molecule has 1 N–H and O–H groups in total. The fourth-order valence-electron chi connectivity index (χ4n) is 2.39. The van der Waals surface area contributed by atoms with E-state index in [9.17, 15) is 18.0 Å². The van der Waals surface area contributed by atoms with Crippen molar-refractivity contribution in [2.75, 3.05) is 32.5 Å². The molecule has 1 heterocycles. The minimum Gasteiger partial charge on any atom is -0.468 e. The van der Waals surface area contributed by atoms with Gasteiger partial charge in [-0.15, -0.1) is 11.8 Å². The van der Waals surface area contributed by atoms with Crippen LogP contribution in [0.4, 0.5) is 0 Å². The summed E-state index contributed by atoms with van der Waals surface area (Å²) >= 11 is 1.45. The molecule has 0 spiro atoms. The van der Waals surface area contributed by atoms with Gasteiger partial charge in [-0.2, -0.15) is 5.26 Å². The van der Waals surface area contributed by atoms with Crippen LogP contribution < -0.4 is 4.72 Å². The summed E-state index contributed by atoms with van der Waals surface area (Å²) in [4.78, 5) is 25.8. The molecule has 140 valence electrons. The smallest absolute Gasteiger partial charge is 0.320 e. The summed E-state index contributed by atoms with van der Waals surface area (Å²) in [5.74, 6) is -0.00110. The number of carbonyl (C=O) groups is 2. The lowest BCUT2D eigenvalue weighted by molar-refractivity contribution is -0.140. The van der Waals surface area contributed by atoms with Crippen molar-refractivity contribution < 1.29 is 22.7 Å². The zero-order chi connectivity index (χ0) is 19.2. The number of thioether (sulfide) groups is 1. The molecule has 1 aliphatic rings. The predicted molar refractivity (Wildman–Crippen MR) is 96.0 cm³/mol. The standard InChI is InChI=1S/C16H19N3O5S2/c1-24-16(21)14-11-19(9-10-25-14)15(20)12-3-5-13(6-4-12)26(22,23)18-8-2-7-17/h3-6,14,18H,2,8-11H2,1H3/t14-/m0/s1. The highest BCUT2D eigenvalue weighted by Crippen LogP contribution is 2.22. The van der Waals surface area contributed by atoms with Gasteiger partial charge in [0.2, 0.25) is 10.0 Å². The Kier molecular flexibility index (Phi) is 7.02. The Morgan fingerprint density at radius 1 is 1.38 bits per heavy atom. The van der Waals surface area contributed by atoms with E-state index in [1.807, 2.05) is 6.07 Å². The van der Waals surface area contributed by atoms with Crippen molar-refractivity contribution in [1.82, 2.24) is 9.62 Å². The number of rotatable bonds is 6. The Bertz CT molecular complexity index is 802. The SMILES string of the molecule is COC(=O)[C@@H]1CN(C(=O)c2ccc(S(=O)(=O)NCCC#N)cc2)CCS1. The summed E-state index contributed by atoms with van der Waals surface area (Å²) in [7, 11) is -2.40. The molecule has 0 aliphatic carbocycles. The van der Waals surface area contributed by atoms with Crippen LogP contribution in [0.1, 0.15) is 16.8 Å². The summed E-state index contributed by atoms with van der Waals surface area (Å²) < 4.78 is 31.2. The largest absolute Gasteiger partial charge is 0.468 e. The third kappa shape index (κ3) is 4.97. The van der Waals surface area contributed by atoms with E-state index < -0.39 is 15.3 Å². The van der Waals surface area contributed by atoms with Crippen LogP contribution in [0.3, 0.4) is 0 Å². The molecule has 1 atom stereocenters. The molecular formula is C16H19N3O5S2. The van der Waals surface area contributed by atoms with Crippen LogP contribution in [0.5, 0.6) is 0 Å². The van der Waals surface area contributed by atoms with Crippen molar-refractivity contribution in [3.63, 3.8) is 0 Å². The van der Waals surface area contributed by atoms with Crippen molar-refractivity contribution in [3.05, 3.63) is 29.8 Å². The van der Waals surface area contributed by atoms with Crippen molar-refractivity contribution >= 4 is 33.7 Å². The van der Waals surface area contributed by atoms with E-state index in [1.54, 1.807) is 4.90 Å². The molecule has 8 nitrogen and oxygen atoms in total. The van der Waals surface area contributed by atoms with E-state index in [2.05, 4.69) is 4.72 Å². The number of nitriles is 1. The Balaban J connectivity index is 2.07. The third-order valence-corrected chi connectivity index (χ3v) is 6.40. The quantitative estimate of drug-likeness (QED) is 0.552. The summed E-state index contributed by atoms with van der Waals surface area (Å²) in [6.45, 7) is 0.790. The first-order valence-electron chi connectivity index (χ1n) is 7.84. The second-order valence-corrected chi connectivity index (χ2v) is 8.54. The van der Waals surface area contributed by atoms with Gasteiger partial charge in [0.1, 0.15) is 5.25 Å². The van der Waals surface area contributed by atoms with Gasteiger partial charge in [-0.25, -0.2) is 13.1 Å². The van der Waals surface area contributed by atoms with Gasteiger partial charge in [0.25, 0.3) is 5.91 Å². The Labute approximate surface area is 156 Å². The normalized spacial score (nSPS) is 17.4. The number of hydrogen-bond donors (Lipinski definition) is 1. The molecule has 0 radical (unpaired) electrons. The van der Waals surface area contributed by atoms with E-state index in [0.717, 1.165) is 0 Å². The van der Waals surface area contributed by atoms with Gasteiger partial charge in [-0.3, -0.25) is 9.59 Å². The summed E-state index contributed by atoms with van der Waals surface area (Å²) in [5, 5.41) is 8.05. The monoisotopic (exact) mass is 397 g/mol. The second kappa shape index (κ2) is 9.02. The first-order valence-corrected chi connectivity index (χ1v) is 10.4. The highest BCUT2D eigenvalue weighted by molar-refractivity contribution is 8.00. The molecule has 1 fully saturated rings. The molecule has 1 aromatic rings. The summed E-state index contributed by atoms with van der Waals surface area (Å²) in [5.41, 5.74) is 0.344. The van der Waals surface area contributed by atoms with E-state index >= 15 is 0 Å². The topological polar surface area (TPSA) is 117 Å². The molecule has 0 saturated carbocycles. The molecule has 1 saturated heterocycles. The first kappa shape index (κ1) is 20.2. The van der Waals surface area contributed by atoms with Gasteiger partial charge in [0.15, 0.2) is 0 Å². The van der Waals surface area contributed by atoms with Crippen LogP contribution in [0.2, 0.25) is 0 Å². The minimum absolute atomic E-state index is 0.0219. The van der Waals surface area contributed by atoms with Crippen molar-refractivity contribution in [1.29, 1.82) is 5.26 Å². The Morgan fingerprint density at radius 3 is 2.69 bits per heavy atom. The Hall–Kier alpha value is -2.09. The highest BCUT2D eigenvalue weighted by Gasteiger charge is 2.30. The van der Waals surface area contributed by atoms with E-state index in [-0.39, 0.29) is 36.3 Å². The molecule has 0 bridgehead atoms. The number of nitrogens with zero attached hydrogens (tertiary/aromatic N) is 2. The number of sulfonamides is 1. The number of nitrogens with one attached hydrogen (secondary N) is 1. The maximum atomic E-state index is 12.6. The second-order valence-electron chi connectivity index (χ2n) is 5.46. The molecule has 0 unspecified atom stereocenters. The number of carbonyl (C=O) groups excluding carboxylic acids is 2. The molecule has 1 aromatic carbocycles. The van der Waals surface area contributed by atoms with Crippen LogP contribution in [0.25, 0.3) is 0 Å². The molecule has 26 heavy (non-hydrogen) atoms. The first-order chi connectivity index (χ1) is 12.4. The minimum atomic E-state index is -3.71. The zero-order valence-corrected chi connectivity index (χ0v) is 15.8. The van der Waals surface area contributed by atoms with Crippen molar-refractivity contribution in [2.45, 2.75) is 16.6 Å². The Morgan fingerprint density at radius 2 is 2.08 bits per heavy atom. The number of ether oxygens (including phenoxy) is 1.